The van der Waals surface area contributed by atoms with Crippen LogP contribution in [-0.2, 0) is 0 Å². The minimum absolute atomic E-state index is 0.214. The predicted octanol–water partition coefficient (Wildman–Crippen LogP) is 2.48. The Hall–Kier alpha value is -1.62. The maximum atomic E-state index is 11.0. The highest BCUT2D eigenvalue weighted by atomic mass is 16.6. The Kier molecular flexibility index (Phi) is 4.37. The Balaban J connectivity index is 2.33. The van der Waals surface area contributed by atoms with Crippen LogP contribution >= 0.6 is 0 Å². The number of hydrogen-bond acceptors (Lipinski definition) is 4. The average molecular weight is 263 g/mol. The third kappa shape index (κ3) is 2.87. The summed E-state index contributed by atoms with van der Waals surface area (Å²) in [5, 5.41) is 14.3. The molecule has 0 aromatic heterocycles. The molecule has 2 rings (SSSR count). The van der Waals surface area contributed by atoms with E-state index in [0.29, 0.717) is 6.04 Å². The smallest absolute Gasteiger partial charge is 0.274 e. The van der Waals surface area contributed by atoms with Gasteiger partial charge in [-0.15, -0.1) is 0 Å². The highest BCUT2D eigenvalue weighted by molar-refractivity contribution is 5.62. The zero-order chi connectivity index (χ0) is 13.8. The summed E-state index contributed by atoms with van der Waals surface area (Å²) in [6.07, 6.45) is 3.53. The summed E-state index contributed by atoms with van der Waals surface area (Å²) in [5.41, 5.74) is 2.00. The summed E-state index contributed by atoms with van der Waals surface area (Å²) in [6.45, 7) is 3.75. The van der Waals surface area contributed by atoms with Gasteiger partial charge in [0, 0.05) is 30.9 Å². The normalized spacial score (nSPS) is 19.5. The van der Waals surface area contributed by atoms with Gasteiger partial charge in [0.15, 0.2) is 0 Å². The number of piperidine rings is 1. The first kappa shape index (κ1) is 13.8. The molecule has 1 aliphatic rings. The molecule has 0 radical (unpaired) electrons. The van der Waals surface area contributed by atoms with Crippen LogP contribution in [0.25, 0.3) is 0 Å². The van der Waals surface area contributed by atoms with Gasteiger partial charge in [-0.3, -0.25) is 10.1 Å². The van der Waals surface area contributed by atoms with Gasteiger partial charge in [0.1, 0.15) is 0 Å². The number of nitro groups is 1. The van der Waals surface area contributed by atoms with Crippen molar-refractivity contribution in [3.63, 3.8) is 0 Å². The van der Waals surface area contributed by atoms with E-state index >= 15 is 0 Å². The van der Waals surface area contributed by atoms with Crippen molar-refractivity contribution in [2.24, 2.45) is 0 Å². The summed E-state index contributed by atoms with van der Waals surface area (Å²) in [4.78, 5) is 13.1. The molecule has 1 fully saturated rings. The van der Waals surface area contributed by atoms with Crippen molar-refractivity contribution >= 4 is 11.4 Å². The fourth-order valence-corrected chi connectivity index (χ4v) is 2.89. The maximum absolute atomic E-state index is 11.0. The predicted molar refractivity (Wildman–Crippen MR) is 76.7 cm³/mol. The Bertz CT molecular complexity index is 460. The van der Waals surface area contributed by atoms with Crippen LogP contribution in [0, 0.1) is 17.0 Å². The van der Waals surface area contributed by atoms with Crippen LogP contribution in [-0.4, -0.2) is 31.1 Å². The van der Waals surface area contributed by atoms with Gasteiger partial charge in [0.05, 0.1) is 10.5 Å². The van der Waals surface area contributed by atoms with Crippen molar-refractivity contribution in [3.05, 3.63) is 33.9 Å². The molecule has 5 nitrogen and oxygen atoms in total. The van der Waals surface area contributed by atoms with Crippen LogP contribution in [0.2, 0.25) is 0 Å². The molecule has 0 aliphatic carbocycles. The summed E-state index contributed by atoms with van der Waals surface area (Å²) in [6, 6.07) is 5.79. The highest BCUT2D eigenvalue weighted by Gasteiger charge is 2.25. The van der Waals surface area contributed by atoms with Crippen LogP contribution in [0.3, 0.4) is 0 Å². The van der Waals surface area contributed by atoms with Gasteiger partial charge in [-0.2, -0.15) is 0 Å². The van der Waals surface area contributed by atoms with E-state index in [1.165, 1.54) is 6.42 Å². The highest BCUT2D eigenvalue weighted by Crippen LogP contribution is 2.32. The molecule has 5 heteroatoms. The third-order valence-corrected chi connectivity index (χ3v) is 3.85. The second-order valence-electron chi connectivity index (χ2n) is 5.08. The minimum atomic E-state index is -0.296. The molecule has 0 saturated carbocycles. The number of anilines is 1. The van der Waals surface area contributed by atoms with Gasteiger partial charge < -0.3 is 10.2 Å². The van der Waals surface area contributed by atoms with E-state index in [1.54, 1.807) is 12.1 Å². The molecule has 0 bridgehead atoms. The fourth-order valence-electron chi connectivity index (χ4n) is 2.89. The number of likely N-dealkylation sites (N-methyl/N-ethyl adjacent to an activating group) is 1. The van der Waals surface area contributed by atoms with Gasteiger partial charge >= 0.3 is 0 Å². The molecule has 0 amide bonds. The lowest BCUT2D eigenvalue weighted by Gasteiger charge is -2.38. The summed E-state index contributed by atoms with van der Waals surface area (Å²) >= 11 is 0. The van der Waals surface area contributed by atoms with Crippen molar-refractivity contribution in [3.8, 4) is 0 Å². The maximum Gasteiger partial charge on any atom is 0.274 e. The van der Waals surface area contributed by atoms with E-state index < -0.39 is 0 Å². The van der Waals surface area contributed by atoms with Crippen molar-refractivity contribution < 1.29 is 4.92 Å². The molecule has 1 aromatic rings. The van der Waals surface area contributed by atoms with Crippen LogP contribution in [0.1, 0.15) is 24.8 Å². The Labute approximate surface area is 113 Å². The van der Waals surface area contributed by atoms with Crippen molar-refractivity contribution in [1.82, 2.24) is 5.32 Å². The number of nitrogens with one attached hydrogen (secondary N) is 1. The second-order valence-corrected chi connectivity index (χ2v) is 5.08. The van der Waals surface area contributed by atoms with Crippen molar-refractivity contribution in [2.45, 2.75) is 32.2 Å². The van der Waals surface area contributed by atoms with E-state index in [2.05, 4.69) is 10.2 Å². The van der Waals surface area contributed by atoms with E-state index in [9.17, 15) is 10.1 Å². The van der Waals surface area contributed by atoms with E-state index in [1.807, 2.05) is 20.0 Å². The van der Waals surface area contributed by atoms with Gasteiger partial charge in [0.2, 0.25) is 0 Å². The molecule has 104 valence electrons. The molecule has 1 heterocycles. The first-order valence-electron chi connectivity index (χ1n) is 6.80. The zero-order valence-corrected chi connectivity index (χ0v) is 11.6. The van der Waals surface area contributed by atoms with Gasteiger partial charge in [-0.05, 0) is 39.3 Å². The second kappa shape index (κ2) is 6.02. The van der Waals surface area contributed by atoms with E-state index in [4.69, 9.17) is 0 Å². The van der Waals surface area contributed by atoms with Gasteiger partial charge in [0.25, 0.3) is 5.69 Å². The summed E-state index contributed by atoms with van der Waals surface area (Å²) in [5.74, 6) is 0. The van der Waals surface area contributed by atoms with Crippen molar-refractivity contribution in [1.29, 1.82) is 0 Å². The minimum Gasteiger partial charge on any atom is -0.367 e. The molecular weight excluding hydrogens is 242 g/mol. The molecule has 1 atom stereocenters. The molecule has 0 spiro atoms. The molecule has 1 N–H and O–H groups in total. The first-order valence-corrected chi connectivity index (χ1v) is 6.80. The van der Waals surface area contributed by atoms with E-state index in [-0.39, 0.29) is 10.6 Å². The number of nitrogens with zero attached hydrogens (tertiary/aromatic N) is 2. The van der Waals surface area contributed by atoms with E-state index in [0.717, 1.165) is 37.2 Å². The average Bonchev–Trinajstić information content (AvgIpc) is 2.40. The van der Waals surface area contributed by atoms with Crippen molar-refractivity contribution in [2.75, 3.05) is 25.0 Å². The van der Waals surface area contributed by atoms with Crippen LogP contribution < -0.4 is 10.2 Å². The Morgan fingerprint density at radius 3 is 2.95 bits per heavy atom. The molecule has 1 unspecified atom stereocenters. The number of nitro benzene ring substituents is 1. The number of rotatable bonds is 4. The molecule has 19 heavy (non-hydrogen) atoms. The molecule has 1 aliphatic heterocycles. The first-order chi connectivity index (χ1) is 9.15. The lowest BCUT2D eigenvalue weighted by molar-refractivity contribution is -0.385. The number of hydrogen-bond donors (Lipinski definition) is 1. The lowest BCUT2D eigenvalue weighted by Crippen LogP contribution is -2.45. The van der Waals surface area contributed by atoms with Crippen LogP contribution in [0.5, 0.6) is 0 Å². The lowest BCUT2D eigenvalue weighted by atomic mass is 9.99. The Morgan fingerprint density at radius 1 is 1.47 bits per heavy atom. The fraction of sp³-hybridized carbons (Fsp3) is 0.571. The summed E-state index contributed by atoms with van der Waals surface area (Å²) < 4.78 is 0. The Morgan fingerprint density at radius 2 is 2.26 bits per heavy atom. The number of benzene rings is 1. The molecule has 1 aromatic carbocycles. The van der Waals surface area contributed by atoms with Gasteiger partial charge in [-0.25, -0.2) is 0 Å². The largest absolute Gasteiger partial charge is 0.367 e. The zero-order valence-electron chi connectivity index (χ0n) is 11.6. The molecule has 1 saturated heterocycles. The third-order valence-electron chi connectivity index (χ3n) is 3.85. The quantitative estimate of drug-likeness (QED) is 0.669. The monoisotopic (exact) mass is 263 g/mol. The van der Waals surface area contributed by atoms with Crippen LogP contribution in [0.4, 0.5) is 11.4 Å². The summed E-state index contributed by atoms with van der Waals surface area (Å²) in [7, 11) is 1.95. The molecular formula is C14H21N3O2. The standard InChI is InChI=1S/C14H21N3O2/c1-11-13(7-5-8-14(11)17(18)19)16-9-4-3-6-12(16)10-15-2/h5,7-8,12,15H,3-4,6,9-10H2,1-2H3. The SMILES string of the molecule is CNCC1CCCCN1c1cccc([N+](=O)[O-])c1C. The van der Waals surface area contributed by atoms with Crippen LogP contribution in [0.15, 0.2) is 18.2 Å². The topological polar surface area (TPSA) is 58.4 Å². The van der Waals surface area contributed by atoms with Gasteiger partial charge in [-0.1, -0.05) is 6.07 Å².